The molecule has 0 aliphatic rings. The first-order chi connectivity index (χ1) is 9.94. The molecule has 21 heavy (non-hydrogen) atoms. The molecule has 0 amide bonds. The second-order valence-electron chi connectivity index (χ2n) is 3.51. The molecule has 0 atom stereocenters. The zero-order valence-corrected chi connectivity index (χ0v) is 12.1. The molecule has 0 radical (unpaired) electrons. The number of hydrogen-bond acceptors (Lipinski definition) is 4. The molecule has 8 heteroatoms. The summed E-state index contributed by atoms with van der Waals surface area (Å²) in [6.07, 6.45) is -0.230. The van der Waals surface area contributed by atoms with Gasteiger partial charge in [-0.1, -0.05) is 25.4 Å². The van der Waals surface area contributed by atoms with Crippen LogP contribution in [0.25, 0.3) is 11.3 Å². The highest BCUT2D eigenvalue weighted by molar-refractivity contribution is 6.29. The summed E-state index contributed by atoms with van der Waals surface area (Å²) in [6.45, 7) is 2.63. The van der Waals surface area contributed by atoms with Gasteiger partial charge < -0.3 is 4.74 Å². The molecule has 0 aromatic carbocycles. The standard InChI is InChI=1S/C11H7ClF3N3O.C2H6/c12-9-5-16-8(4-17-9)7-1-2-10(18-3-7)19-6-11(13,14)15;1-2/h1-5H,6H2;1-2H3. The van der Waals surface area contributed by atoms with Crippen LogP contribution in [0.5, 0.6) is 5.88 Å². The molecular weight excluding hydrogens is 307 g/mol. The highest BCUT2D eigenvalue weighted by atomic mass is 35.5. The van der Waals surface area contributed by atoms with Crippen LogP contribution in [0.2, 0.25) is 5.15 Å². The number of ether oxygens (including phenoxy) is 1. The SMILES string of the molecule is CC.FC(F)(F)COc1ccc(-c2cnc(Cl)cn2)cn1. The molecule has 0 N–H and O–H groups in total. The first kappa shape index (κ1) is 17.2. The summed E-state index contributed by atoms with van der Waals surface area (Å²) in [4.78, 5) is 11.6. The van der Waals surface area contributed by atoms with Gasteiger partial charge in [0.05, 0.1) is 18.1 Å². The largest absolute Gasteiger partial charge is 0.468 e. The van der Waals surface area contributed by atoms with Crippen LogP contribution in [0.3, 0.4) is 0 Å². The van der Waals surface area contributed by atoms with Crippen molar-refractivity contribution in [2.24, 2.45) is 0 Å². The summed E-state index contributed by atoms with van der Waals surface area (Å²) in [5.41, 5.74) is 1.11. The van der Waals surface area contributed by atoms with Gasteiger partial charge in [-0.15, -0.1) is 0 Å². The minimum absolute atomic E-state index is 0.108. The lowest BCUT2D eigenvalue weighted by Gasteiger charge is -2.08. The van der Waals surface area contributed by atoms with Gasteiger partial charge in [-0.3, -0.25) is 4.98 Å². The minimum Gasteiger partial charge on any atom is -0.468 e. The van der Waals surface area contributed by atoms with Crippen molar-refractivity contribution in [3.05, 3.63) is 35.9 Å². The van der Waals surface area contributed by atoms with Crippen molar-refractivity contribution in [1.82, 2.24) is 15.0 Å². The number of alkyl halides is 3. The number of aromatic nitrogens is 3. The Hall–Kier alpha value is -1.89. The predicted molar refractivity (Wildman–Crippen MR) is 73.2 cm³/mol. The molecule has 2 aromatic rings. The van der Waals surface area contributed by atoms with E-state index in [0.717, 1.165) is 0 Å². The quantitative estimate of drug-likeness (QED) is 0.852. The van der Waals surface area contributed by atoms with Gasteiger partial charge in [0.15, 0.2) is 6.61 Å². The Labute approximate surface area is 125 Å². The average Bonchev–Trinajstić information content (AvgIpc) is 2.48. The Kier molecular flexibility index (Phi) is 6.36. The lowest BCUT2D eigenvalue weighted by Crippen LogP contribution is -2.19. The van der Waals surface area contributed by atoms with E-state index in [1.807, 2.05) is 13.8 Å². The monoisotopic (exact) mass is 319 g/mol. The second kappa shape index (κ2) is 7.78. The van der Waals surface area contributed by atoms with Crippen LogP contribution in [0.15, 0.2) is 30.7 Å². The summed E-state index contributed by atoms with van der Waals surface area (Å²) in [6, 6.07) is 2.87. The number of halogens is 4. The smallest absolute Gasteiger partial charge is 0.422 e. The normalized spacial score (nSPS) is 10.6. The van der Waals surface area contributed by atoms with Gasteiger partial charge >= 0.3 is 6.18 Å². The van der Waals surface area contributed by atoms with E-state index in [0.29, 0.717) is 11.3 Å². The molecule has 2 heterocycles. The fourth-order valence-electron chi connectivity index (χ4n) is 1.23. The van der Waals surface area contributed by atoms with Gasteiger partial charge in [0.2, 0.25) is 5.88 Å². The molecule has 0 aliphatic carbocycles. The fraction of sp³-hybridized carbons (Fsp3) is 0.308. The maximum Gasteiger partial charge on any atom is 0.422 e. The second-order valence-corrected chi connectivity index (χ2v) is 3.90. The minimum atomic E-state index is -4.39. The fourth-order valence-corrected chi connectivity index (χ4v) is 1.33. The highest BCUT2D eigenvalue weighted by Crippen LogP contribution is 2.20. The van der Waals surface area contributed by atoms with Crippen LogP contribution in [0.4, 0.5) is 13.2 Å². The lowest BCUT2D eigenvalue weighted by molar-refractivity contribution is -0.154. The predicted octanol–water partition coefficient (Wildman–Crippen LogP) is 4.16. The molecule has 0 spiro atoms. The van der Waals surface area contributed by atoms with Crippen molar-refractivity contribution in [1.29, 1.82) is 0 Å². The van der Waals surface area contributed by atoms with Gasteiger partial charge in [-0.25, -0.2) is 9.97 Å². The van der Waals surface area contributed by atoms with Gasteiger partial charge in [0.25, 0.3) is 0 Å². The van der Waals surface area contributed by atoms with Crippen molar-refractivity contribution in [2.75, 3.05) is 6.61 Å². The third-order valence-electron chi connectivity index (χ3n) is 2.04. The zero-order chi connectivity index (χ0) is 15.9. The molecule has 0 fully saturated rings. The van der Waals surface area contributed by atoms with E-state index in [9.17, 15) is 13.2 Å². The Morgan fingerprint density at radius 2 is 1.76 bits per heavy atom. The summed E-state index contributed by atoms with van der Waals surface area (Å²) in [5, 5.41) is 0.252. The summed E-state index contributed by atoms with van der Waals surface area (Å²) >= 11 is 5.59. The van der Waals surface area contributed by atoms with Crippen molar-refractivity contribution < 1.29 is 17.9 Å². The van der Waals surface area contributed by atoms with Crippen LogP contribution < -0.4 is 4.74 Å². The zero-order valence-electron chi connectivity index (χ0n) is 11.4. The molecule has 0 saturated heterocycles. The Bertz CT molecular complexity index is 544. The first-order valence-electron chi connectivity index (χ1n) is 6.07. The molecule has 2 aromatic heterocycles. The van der Waals surface area contributed by atoms with E-state index in [2.05, 4.69) is 19.7 Å². The van der Waals surface area contributed by atoms with Crippen LogP contribution in [-0.2, 0) is 0 Å². The maximum atomic E-state index is 11.9. The molecular formula is C13H13ClF3N3O. The van der Waals surface area contributed by atoms with Crippen molar-refractivity contribution >= 4 is 11.6 Å². The third kappa shape index (κ3) is 5.95. The van der Waals surface area contributed by atoms with Crippen LogP contribution in [-0.4, -0.2) is 27.7 Å². The van der Waals surface area contributed by atoms with Crippen LogP contribution in [0, 0.1) is 0 Å². The molecule has 0 saturated carbocycles. The van der Waals surface area contributed by atoms with Crippen molar-refractivity contribution in [2.45, 2.75) is 20.0 Å². The van der Waals surface area contributed by atoms with Crippen LogP contribution >= 0.6 is 11.6 Å². The first-order valence-corrected chi connectivity index (χ1v) is 6.45. The Morgan fingerprint density at radius 3 is 2.24 bits per heavy atom. The van der Waals surface area contributed by atoms with Gasteiger partial charge in [-0.05, 0) is 6.07 Å². The molecule has 0 aliphatic heterocycles. The Balaban J connectivity index is 0.00000106. The number of nitrogens with zero attached hydrogens (tertiary/aromatic N) is 3. The summed E-state index contributed by atoms with van der Waals surface area (Å²) in [7, 11) is 0. The molecule has 0 unspecified atom stereocenters. The Morgan fingerprint density at radius 1 is 1.05 bits per heavy atom. The molecule has 2 rings (SSSR count). The van der Waals surface area contributed by atoms with Crippen molar-refractivity contribution in [3.8, 4) is 17.1 Å². The van der Waals surface area contributed by atoms with E-state index < -0.39 is 12.8 Å². The van der Waals surface area contributed by atoms with E-state index in [1.165, 1.54) is 30.7 Å². The number of pyridine rings is 1. The highest BCUT2D eigenvalue weighted by Gasteiger charge is 2.28. The van der Waals surface area contributed by atoms with E-state index in [4.69, 9.17) is 11.6 Å². The van der Waals surface area contributed by atoms with Crippen molar-refractivity contribution in [3.63, 3.8) is 0 Å². The van der Waals surface area contributed by atoms with E-state index in [-0.39, 0.29) is 11.0 Å². The molecule has 0 bridgehead atoms. The topological polar surface area (TPSA) is 47.9 Å². The van der Waals surface area contributed by atoms with Gasteiger partial charge in [0.1, 0.15) is 5.15 Å². The van der Waals surface area contributed by atoms with Gasteiger partial charge in [-0.2, -0.15) is 13.2 Å². The summed E-state index contributed by atoms with van der Waals surface area (Å²) in [5.74, 6) is -0.108. The average molecular weight is 320 g/mol. The van der Waals surface area contributed by atoms with Gasteiger partial charge in [0, 0.05) is 17.8 Å². The van der Waals surface area contributed by atoms with E-state index in [1.54, 1.807) is 0 Å². The van der Waals surface area contributed by atoms with E-state index >= 15 is 0 Å². The molecule has 4 nitrogen and oxygen atoms in total. The number of hydrogen-bond donors (Lipinski definition) is 0. The number of rotatable bonds is 3. The van der Waals surface area contributed by atoms with Crippen LogP contribution in [0.1, 0.15) is 13.8 Å². The molecule has 114 valence electrons. The lowest BCUT2D eigenvalue weighted by atomic mass is 10.2. The summed E-state index contributed by atoms with van der Waals surface area (Å²) < 4.78 is 40.3. The maximum absolute atomic E-state index is 11.9. The third-order valence-corrected chi connectivity index (χ3v) is 2.23.